The molecule has 0 unspecified atom stereocenters. The molecule has 0 aromatic carbocycles. The first kappa shape index (κ1) is 11.4. The van der Waals surface area contributed by atoms with E-state index in [1.165, 1.54) is 0 Å². The second-order valence-corrected chi connectivity index (χ2v) is 3.50. The van der Waals surface area contributed by atoms with Gasteiger partial charge in [0.15, 0.2) is 0 Å². The largest absolute Gasteiger partial charge is 0.378 e. The summed E-state index contributed by atoms with van der Waals surface area (Å²) in [4.78, 5) is 13.1. The molecule has 0 atom stereocenters. The van der Waals surface area contributed by atoms with Crippen LogP contribution in [-0.4, -0.2) is 43.2 Å². The van der Waals surface area contributed by atoms with Crippen LogP contribution in [0.1, 0.15) is 19.8 Å². The van der Waals surface area contributed by atoms with Crippen molar-refractivity contribution in [2.24, 2.45) is 5.84 Å². The Balaban J connectivity index is 2.18. The van der Waals surface area contributed by atoms with Crippen LogP contribution in [-0.2, 0) is 9.53 Å². The van der Waals surface area contributed by atoms with Crippen LogP contribution in [0.4, 0.5) is 0 Å². The fraction of sp³-hybridized carbons (Fsp3) is 0.889. The number of nitrogens with two attached hydrogens (primary N) is 1. The van der Waals surface area contributed by atoms with Crippen LogP contribution >= 0.6 is 0 Å². The van der Waals surface area contributed by atoms with Crippen molar-refractivity contribution in [3.63, 3.8) is 0 Å². The zero-order valence-electron chi connectivity index (χ0n) is 8.66. The van der Waals surface area contributed by atoms with Crippen molar-refractivity contribution >= 4 is 5.91 Å². The van der Waals surface area contributed by atoms with Crippen molar-refractivity contribution in [3.8, 4) is 0 Å². The predicted octanol–water partition coefficient (Wildman–Crippen LogP) is -0.523. The molecule has 5 heteroatoms. The van der Waals surface area contributed by atoms with E-state index >= 15 is 0 Å². The number of piperidine rings is 1. The van der Waals surface area contributed by atoms with Crippen LogP contribution in [0.25, 0.3) is 0 Å². The van der Waals surface area contributed by atoms with Gasteiger partial charge in [-0.1, -0.05) is 0 Å². The monoisotopic (exact) mass is 201 g/mol. The number of likely N-dealkylation sites (tertiary alicyclic amines) is 1. The lowest BCUT2D eigenvalue weighted by Crippen LogP contribution is -2.44. The Morgan fingerprint density at radius 2 is 2.21 bits per heavy atom. The van der Waals surface area contributed by atoms with E-state index in [1.807, 2.05) is 6.92 Å². The fourth-order valence-corrected chi connectivity index (χ4v) is 1.72. The van der Waals surface area contributed by atoms with Crippen molar-refractivity contribution in [3.05, 3.63) is 0 Å². The highest BCUT2D eigenvalue weighted by atomic mass is 16.5. The molecule has 1 rings (SSSR count). The van der Waals surface area contributed by atoms with Gasteiger partial charge in [0.1, 0.15) is 0 Å². The summed E-state index contributed by atoms with van der Waals surface area (Å²) < 4.78 is 5.51. The SMILES string of the molecule is CCOC1CCN(CC(=O)NN)CC1. The molecular weight excluding hydrogens is 182 g/mol. The van der Waals surface area contributed by atoms with E-state index in [2.05, 4.69) is 10.3 Å². The Labute approximate surface area is 84.5 Å². The van der Waals surface area contributed by atoms with Gasteiger partial charge < -0.3 is 4.74 Å². The molecule has 5 nitrogen and oxygen atoms in total. The number of hydrogen-bond acceptors (Lipinski definition) is 4. The number of ether oxygens (including phenoxy) is 1. The smallest absolute Gasteiger partial charge is 0.248 e. The molecule has 0 aromatic heterocycles. The average molecular weight is 201 g/mol. The normalized spacial score (nSPS) is 19.6. The maximum atomic E-state index is 11.0. The minimum atomic E-state index is -0.125. The third kappa shape index (κ3) is 3.61. The van der Waals surface area contributed by atoms with Gasteiger partial charge in [0, 0.05) is 19.7 Å². The van der Waals surface area contributed by atoms with E-state index in [9.17, 15) is 4.79 Å². The fourth-order valence-electron chi connectivity index (χ4n) is 1.72. The zero-order valence-corrected chi connectivity index (χ0v) is 8.66. The molecule has 0 aromatic rings. The van der Waals surface area contributed by atoms with E-state index in [-0.39, 0.29) is 5.91 Å². The zero-order chi connectivity index (χ0) is 10.4. The first-order chi connectivity index (χ1) is 6.76. The van der Waals surface area contributed by atoms with Crippen LogP contribution in [0.3, 0.4) is 0 Å². The molecule has 1 saturated heterocycles. The number of nitrogens with one attached hydrogen (secondary N) is 1. The highest BCUT2D eigenvalue weighted by Gasteiger charge is 2.20. The molecule has 14 heavy (non-hydrogen) atoms. The van der Waals surface area contributed by atoms with Gasteiger partial charge in [0.2, 0.25) is 5.91 Å². The molecule has 3 N–H and O–H groups in total. The summed E-state index contributed by atoms with van der Waals surface area (Å²) in [5, 5.41) is 0. The Morgan fingerprint density at radius 3 is 2.71 bits per heavy atom. The summed E-state index contributed by atoms with van der Waals surface area (Å²) in [5.41, 5.74) is 2.14. The number of hydrazine groups is 1. The van der Waals surface area contributed by atoms with Crippen LogP contribution in [0.15, 0.2) is 0 Å². The van der Waals surface area contributed by atoms with Gasteiger partial charge in [-0.2, -0.15) is 0 Å². The Kier molecular flexibility index (Phi) is 4.86. The van der Waals surface area contributed by atoms with Crippen molar-refractivity contribution in [1.29, 1.82) is 0 Å². The van der Waals surface area contributed by atoms with Gasteiger partial charge in [-0.05, 0) is 19.8 Å². The minimum absolute atomic E-state index is 0.125. The molecular formula is C9H19N3O2. The van der Waals surface area contributed by atoms with Gasteiger partial charge in [-0.3, -0.25) is 15.1 Å². The van der Waals surface area contributed by atoms with Gasteiger partial charge in [-0.25, -0.2) is 5.84 Å². The predicted molar refractivity (Wildman–Crippen MR) is 53.4 cm³/mol. The lowest BCUT2D eigenvalue weighted by molar-refractivity contribution is -0.123. The highest BCUT2D eigenvalue weighted by molar-refractivity contribution is 5.77. The van der Waals surface area contributed by atoms with Gasteiger partial charge in [-0.15, -0.1) is 0 Å². The molecule has 1 aliphatic rings. The molecule has 1 aliphatic heterocycles. The molecule has 0 radical (unpaired) electrons. The lowest BCUT2D eigenvalue weighted by Gasteiger charge is -2.30. The van der Waals surface area contributed by atoms with Gasteiger partial charge in [0.25, 0.3) is 0 Å². The maximum Gasteiger partial charge on any atom is 0.248 e. The van der Waals surface area contributed by atoms with Crippen molar-refractivity contribution < 1.29 is 9.53 Å². The first-order valence-electron chi connectivity index (χ1n) is 5.09. The molecule has 0 saturated carbocycles. The summed E-state index contributed by atoms with van der Waals surface area (Å²) >= 11 is 0. The first-order valence-corrected chi connectivity index (χ1v) is 5.09. The number of rotatable bonds is 4. The molecule has 0 bridgehead atoms. The Morgan fingerprint density at radius 1 is 1.57 bits per heavy atom. The molecule has 1 amide bonds. The Bertz CT molecular complexity index is 179. The minimum Gasteiger partial charge on any atom is -0.378 e. The number of nitrogens with zero attached hydrogens (tertiary/aromatic N) is 1. The summed E-state index contributed by atoms with van der Waals surface area (Å²) in [6, 6.07) is 0. The second kappa shape index (κ2) is 5.95. The number of amides is 1. The summed E-state index contributed by atoms with van der Waals surface area (Å²) in [6.45, 7) is 5.01. The number of carbonyl (C=O) groups excluding carboxylic acids is 1. The number of hydrogen-bond donors (Lipinski definition) is 2. The van der Waals surface area contributed by atoms with Gasteiger partial charge in [0.05, 0.1) is 12.6 Å². The van der Waals surface area contributed by atoms with Crippen molar-refractivity contribution in [2.45, 2.75) is 25.9 Å². The van der Waals surface area contributed by atoms with E-state index in [0.717, 1.165) is 32.5 Å². The van der Waals surface area contributed by atoms with Crippen LogP contribution < -0.4 is 11.3 Å². The van der Waals surface area contributed by atoms with Crippen LogP contribution in [0, 0.1) is 0 Å². The van der Waals surface area contributed by atoms with Crippen LogP contribution in [0.2, 0.25) is 0 Å². The summed E-state index contributed by atoms with van der Waals surface area (Å²) in [7, 11) is 0. The van der Waals surface area contributed by atoms with Crippen molar-refractivity contribution in [1.82, 2.24) is 10.3 Å². The maximum absolute atomic E-state index is 11.0. The van der Waals surface area contributed by atoms with E-state index in [1.54, 1.807) is 0 Å². The van der Waals surface area contributed by atoms with Gasteiger partial charge >= 0.3 is 0 Å². The van der Waals surface area contributed by atoms with E-state index in [0.29, 0.717) is 12.6 Å². The van der Waals surface area contributed by atoms with Crippen molar-refractivity contribution in [2.75, 3.05) is 26.2 Å². The Hall–Kier alpha value is -0.650. The molecule has 0 spiro atoms. The van der Waals surface area contributed by atoms with Crippen LogP contribution in [0.5, 0.6) is 0 Å². The standard InChI is InChI=1S/C9H19N3O2/c1-2-14-8-3-5-12(6-4-8)7-9(13)11-10/h8H,2-7,10H2,1H3,(H,11,13). The number of carbonyl (C=O) groups is 1. The highest BCUT2D eigenvalue weighted by Crippen LogP contribution is 2.12. The third-order valence-electron chi connectivity index (χ3n) is 2.47. The molecule has 1 heterocycles. The molecule has 1 fully saturated rings. The topological polar surface area (TPSA) is 67.6 Å². The lowest BCUT2D eigenvalue weighted by atomic mass is 10.1. The van der Waals surface area contributed by atoms with E-state index in [4.69, 9.17) is 10.6 Å². The quantitative estimate of drug-likeness (QED) is 0.365. The van der Waals surface area contributed by atoms with E-state index < -0.39 is 0 Å². The summed E-state index contributed by atoms with van der Waals surface area (Å²) in [6.07, 6.45) is 2.38. The second-order valence-electron chi connectivity index (χ2n) is 3.50. The third-order valence-corrected chi connectivity index (χ3v) is 2.47. The molecule has 0 aliphatic carbocycles. The molecule has 82 valence electrons. The average Bonchev–Trinajstić information content (AvgIpc) is 2.21. The summed E-state index contributed by atoms with van der Waals surface area (Å²) in [5.74, 6) is 4.89.